The first-order chi connectivity index (χ1) is 13.7. The molecule has 0 aromatic heterocycles. The maximum atomic E-state index is 14.2. The summed E-state index contributed by atoms with van der Waals surface area (Å²) in [6.45, 7) is 5.56. The summed E-state index contributed by atoms with van der Waals surface area (Å²) in [6.07, 6.45) is 1.66. The smallest absolute Gasteiger partial charge is 0.225 e. The predicted molar refractivity (Wildman–Crippen MR) is 127 cm³/mol. The highest BCUT2D eigenvalue weighted by Crippen LogP contribution is 2.24. The van der Waals surface area contributed by atoms with E-state index in [9.17, 15) is 13.6 Å². The van der Waals surface area contributed by atoms with Crippen LogP contribution >= 0.6 is 24.0 Å². The minimum Gasteiger partial charge on any atom is -0.354 e. The number of rotatable bonds is 6. The quantitative estimate of drug-likeness (QED) is 0.333. The average molecular weight is 537 g/mol. The normalized spacial score (nSPS) is 16.4. The molecule has 1 aromatic carbocycles. The van der Waals surface area contributed by atoms with Crippen molar-refractivity contribution in [3.05, 3.63) is 35.4 Å². The average Bonchev–Trinajstić information content (AvgIpc) is 2.68. The van der Waals surface area contributed by atoms with Gasteiger partial charge in [-0.25, -0.2) is 8.78 Å². The van der Waals surface area contributed by atoms with Crippen molar-refractivity contribution in [1.29, 1.82) is 0 Å². The summed E-state index contributed by atoms with van der Waals surface area (Å²) in [7, 11) is 5.24. The number of nitrogens with zero attached hydrogens (tertiary/aromatic N) is 3. The van der Waals surface area contributed by atoms with Gasteiger partial charge >= 0.3 is 0 Å². The molecular formula is C21H34F2IN5O. The van der Waals surface area contributed by atoms with Gasteiger partial charge in [-0.2, -0.15) is 0 Å². The molecule has 1 unspecified atom stereocenters. The summed E-state index contributed by atoms with van der Waals surface area (Å²) < 4.78 is 28.5. The zero-order valence-corrected chi connectivity index (χ0v) is 20.7. The minimum atomic E-state index is -0.560. The van der Waals surface area contributed by atoms with Crippen molar-refractivity contribution in [2.45, 2.75) is 38.8 Å². The summed E-state index contributed by atoms with van der Waals surface area (Å²) in [5.41, 5.74) is 0.0426. The number of piperidine rings is 1. The van der Waals surface area contributed by atoms with Crippen molar-refractivity contribution < 1.29 is 13.6 Å². The second-order valence-corrected chi connectivity index (χ2v) is 7.97. The molecule has 9 heteroatoms. The first-order valence-corrected chi connectivity index (χ1v) is 10.1. The molecule has 1 aromatic rings. The number of likely N-dealkylation sites (tertiary alicyclic amines) is 1. The Morgan fingerprint density at radius 1 is 1.23 bits per heavy atom. The highest BCUT2D eigenvalue weighted by molar-refractivity contribution is 14.0. The molecule has 0 bridgehead atoms. The van der Waals surface area contributed by atoms with Crippen LogP contribution in [0.3, 0.4) is 0 Å². The summed E-state index contributed by atoms with van der Waals surface area (Å²) in [4.78, 5) is 20.0. The van der Waals surface area contributed by atoms with Crippen LogP contribution in [-0.2, 0) is 4.79 Å². The topological polar surface area (TPSA) is 60.0 Å². The van der Waals surface area contributed by atoms with Crippen LogP contribution in [0.1, 0.15) is 38.3 Å². The third kappa shape index (κ3) is 7.04. The van der Waals surface area contributed by atoms with E-state index in [0.717, 1.165) is 12.8 Å². The van der Waals surface area contributed by atoms with Crippen molar-refractivity contribution in [3.63, 3.8) is 0 Å². The first-order valence-electron chi connectivity index (χ1n) is 10.1. The Balaban J connectivity index is 0.00000450. The van der Waals surface area contributed by atoms with Crippen LogP contribution in [0.4, 0.5) is 8.78 Å². The number of carbonyl (C=O) groups is 1. The molecule has 170 valence electrons. The van der Waals surface area contributed by atoms with Gasteiger partial charge in [-0.15, -0.1) is 24.0 Å². The Bertz CT molecular complexity index is 701. The Morgan fingerprint density at radius 2 is 1.80 bits per heavy atom. The Hall–Kier alpha value is -1.49. The van der Waals surface area contributed by atoms with Crippen LogP contribution in [0.25, 0.3) is 0 Å². The van der Waals surface area contributed by atoms with Gasteiger partial charge in [0.2, 0.25) is 5.91 Å². The zero-order valence-electron chi connectivity index (χ0n) is 18.4. The number of aliphatic imine (C=N–C) groups is 1. The molecule has 1 aliphatic rings. The van der Waals surface area contributed by atoms with Gasteiger partial charge in [0.15, 0.2) is 5.96 Å². The molecule has 0 radical (unpaired) electrons. The van der Waals surface area contributed by atoms with Gasteiger partial charge in [0.05, 0.1) is 6.04 Å². The lowest BCUT2D eigenvalue weighted by Gasteiger charge is -2.34. The van der Waals surface area contributed by atoms with Crippen LogP contribution in [0.2, 0.25) is 0 Å². The molecule has 2 rings (SSSR count). The van der Waals surface area contributed by atoms with Gasteiger partial charge in [0, 0.05) is 44.2 Å². The Morgan fingerprint density at radius 3 is 2.27 bits per heavy atom. The van der Waals surface area contributed by atoms with E-state index in [1.807, 2.05) is 18.7 Å². The van der Waals surface area contributed by atoms with Crippen molar-refractivity contribution >= 4 is 35.8 Å². The third-order valence-electron chi connectivity index (χ3n) is 5.28. The zero-order chi connectivity index (χ0) is 21.6. The molecule has 1 atom stereocenters. The summed E-state index contributed by atoms with van der Waals surface area (Å²) >= 11 is 0. The number of halogens is 3. The Kier molecular flexibility index (Phi) is 11.0. The fourth-order valence-electron chi connectivity index (χ4n) is 3.56. The molecule has 1 heterocycles. The number of hydrogen-bond acceptors (Lipinski definition) is 3. The third-order valence-corrected chi connectivity index (χ3v) is 5.28. The highest BCUT2D eigenvalue weighted by atomic mass is 127. The number of carbonyl (C=O) groups excluding carboxylic acids is 1. The van der Waals surface area contributed by atoms with Crippen LogP contribution in [0, 0.1) is 17.6 Å². The standard InChI is InChI=1S/C21H33F2N5O.HI/c1-14(2)20(29)28-11-9-15(10-12-28)26-21(24-3)25-13-18(27(4)5)19-16(22)7-6-8-17(19)23;/h6-8,14-15,18H,9-13H2,1-5H3,(H2,24,25,26);1H. The van der Waals surface area contributed by atoms with Gasteiger partial charge in [-0.1, -0.05) is 19.9 Å². The molecule has 0 saturated carbocycles. The van der Waals surface area contributed by atoms with Gasteiger partial charge in [-0.3, -0.25) is 9.79 Å². The molecule has 2 N–H and O–H groups in total. The van der Waals surface area contributed by atoms with Crippen LogP contribution in [-0.4, -0.2) is 68.5 Å². The van der Waals surface area contributed by atoms with E-state index >= 15 is 0 Å². The van der Waals surface area contributed by atoms with Crippen LogP contribution < -0.4 is 10.6 Å². The largest absolute Gasteiger partial charge is 0.354 e. The molecule has 1 amide bonds. The number of hydrogen-bond donors (Lipinski definition) is 2. The SMILES string of the molecule is CN=C(NCC(c1c(F)cccc1F)N(C)C)NC1CCN(C(=O)C(C)C)CC1.I. The van der Waals surface area contributed by atoms with E-state index in [4.69, 9.17) is 0 Å². The fraction of sp³-hybridized carbons (Fsp3) is 0.619. The van der Waals surface area contributed by atoms with Crippen molar-refractivity contribution in [1.82, 2.24) is 20.4 Å². The first kappa shape index (κ1) is 26.5. The van der Waals surface area contributed by atoms with E-state index in [1.54, 1.807) is 26.0 Å². The second-order valence-electron chi connectivity index (χ2n) is 7.97. The van der Waals surface area contributed by atoms with Gasteiger partial charge in [0.25, 0.3) is 0 Å². The lowest BCUT2D eigenvalue weighted by atomic mass is 10.0. The van der Waals surface area contributed by atoms with Crippen LogP contribution in [0.5, 0.6) is 0 Å². The number of amides is 1. The molecule has 0 aliphatic carbocycles. The summed E-state index contributed by atoms with van der Waals surface area (Å²) in [5.74, 6) is -0.337. The van der Waals surface area contributed by atoms with E-state index in [-0.39, 0.29) is 47.4 Å². The monoisotopic (exact) mass is 537 g/mol. The number of nitrogens with one attached hydrogen (secondary N) is 2. The van der Waals surface area contributed by atoms with Crippen LogP contribution in [0.15, 0.2) is 23.2 Å². The van der Waals surface area contributed by atoms with Gasteiger partial charge in [0.1, 0.15) is 11.6 Å². The lowest BCUT2D eigenvalue weighted by Crippen LogP contribution is -2.51. The van der Waals surface area contributed by atoms with Crippen molar-refractivity contribution in [3.8, 4) is 0 Å². The Labute approximate surface area is 195 Å². The van der Waals surface area contributed by atoms with E-state index in [2.05, 4.69) is 15.6 Å². The molecular weight excluding hydrogens is 503 g/mol. The van der Waals surface area contributed by atoms with Gasteiger partial charge < -0.3 is 20.4 Å². The fourth-order valence-corrected chi connectivity index (χ4v) is 3.56. The molecule has 1 aliphatic heterocycles. The van der Waals surface area contributed by atoms with E-state index < -0.39 is 17.7 Å². The number of likely N-dealkylation sites (N-methyl/N-ethyl adjacent to an activating group) is 1. The van der Waals surface area contributed by atoms with Crippen molar-refractivity contribution in [2.24, 2.45) is 10.9 Å². The molecule has 1 fully saturated rings. The molecule has 6 nitrogen and oxygen atoms in total. The maximum Gasteiger partial charge on any atom is 0.225 e. The van der Waals surface area contributed by atoms with Gasteiger partial charge in [-0.05, 0) is 39.1 Å². The lowest BCUT2D eigenvalue weighted by molar-refractivity contribution is -0.135. The predicted octanol–water partition coefficient (Wildman–Crippen LogP) is 3.00. The van der Waals surface area contributed by atoms with Crippen molar-refractivity contribution in [2.75, 3.05) is 40.8 Å². The number of benzene rings is 1. The molecule has 1 saturated heterocycles. The molecule has 0 spiro atoms. The second kappa shape index (κ2) is 12.4. The van der Waals surface area contributed by atoms with E-state index in [0.29, 0.717) is 25.6 Å². The highest BCUT2D eigenvalue weighted by Gasteiger charge is 2.26. The van der Waals surface area contributed by atoms with E-state index in [1.165, 1.54) is 18.2 Å². The summed E-state index contributed by atoms with van der Waals surface area (Å²) in [6, 6.07) is 3.62. The maximum absolute atomic E-state index is 14.2. The summed E-state index contributed by atoms with van der Waals surface area (Å²) in [5, 5.41) is 6.55. The number of guanidine groups is 1. The molecule has 30 heavy (non-hydrogen) atoms. The minimum absolute atomic E-state index is 0.